The number of carbonyl (C=O) groups excluding carboxylic acids is 2. The second-order valence-electron chi connectivity index (χ2n) is 10.9. The predicted octanol–water partition coefficient (Wildman–Crippen LogP) is 8.05. The van der Waals surface area contributed by atoms with Crippen molar-refractivity contribution in [2.75, 3.05) is 12.4 Å². The maximum absolute atomic E-state index is 12.9. The number of amides is 2. The summed E-state index contributed by atoms with van der Waals surface area (Å²) in [6, 6.07) is 27.7. The third-order valence-corrected chi connectivity index (χ3v) is 6.88. The lowest BCUT2D eigenvalue weighted by Crippen LogP contribution is -2.17. The zero-order valence-corrected chi connectivity index (χ0v) is 23.6. The van der Waals surface area contributed by atoms with Crippen molar-refractivity contribution in [2.24, 2.45) is 0 Å². The zero-order chi connectivity index (χ0) is 28.2. The lowest BCUT2D eigenvalue weighted by molar-refractivity contribution is 0.0962. The third kappa shape index (κ3) is 6.71. The van der Waals surface area contributed by atoms with E-state index >= 15 is 0 Å². The minimum absolute atomic E-state index is 0.105. The van der Waals surface area contributed by atoms with Gasteiger partial charge in [-0.3, -0.25) is 9.59 Å². The lowest BCUT2D eigenvalue weighted by atomic mass is 9.83. The summed E-state index contributed by atoms with van der Waals surface area (Å²) in [5.41, 5.74) is 10.1. The van der Waals surface area contributed by atoms with Crippen molar-refractivity contribution in [3.05, 3.63) is 124 Å². The molecule has 4 heteroatoms. The molecule has 0 aliphatic carbocycles. The molecule has 0 unspecified atom stereocenters. The van der Waals surface area contributed by atoms with Gasteiger partial charge in [-0.15, -0.1) is 0 Å². The molecular weight excluding hydrogens is 480 g/mol. The Bertz CT molecular complexity index is 1520. The highest BCUT2D eigenvalue weighted by molar-refractivity contribution is 6.05. The maximum Gasteiger partial charge on any atom is 0.255 e. The van der Waals surface area contributed by atoms with Crippen molar-refractivity contribution in [3.8, 4) is 11.1 Å². The molecule has 0 aliphatic heterocycles. The number of benzene rings is 4. The van der Waals surface area contributed by atoms with Crippen LogP contribution < -0.4 is 10.6 Å². The van der Waals surface area contributed by atoms with Crippen LogP contribution in [0.3, 0.4) is 0 Å². The normalized spacial score (nSPS) is 11.4. The first-order chi connectivity index (χ1) is 18.5. The standard InChI is InChI=1S/C35H36N2O2/c1-23-21-29(17-19-31(23)35(3,4)5)30-18-20-32(24(2)22-30)37-34(39)28-15-11-26(12-16-28)8-7-25-9-13-27(14-10-25)33(38)36-6/h7-22H,1-6H3,(H,36,38)(H,37,39)/b8-7+. The van der Waals surface area contributed by atoms with Crippen molar-refractivity contribution in [3.63, 3.8) is 0 Å². The minimum atomic E-state index is -0.142. The molecule has 4 rings (SSSR count). The van der Waals surface area contributed by atoms with E-state index in [-0.39, 0.29) is 17.2 Å². The number of carbonyl (C=O) groups is 2. The summed E-state index contributed by atoms with van der Waals surface area (Å²) in [6.07, 6.45) is 3.96. The molecule has 198 valence electrons. The monoisotopic (exact) mass is 516 g/mol. The molecule has 0 saturated heterocycles. The van der Waals surface area contributed by atoms with Crippen LogP contribution in [0.25, 0.3) is 23.3 Å². The Balaban J connectivity index is 1.42. The lowest BCUT2D eigenvalue weighted by Gasteiger charge is -2.22. The van der Waals surface area contributed by atoms with Gasteiger partial charge in [-0.1, -0.05) is 81.5 Å². The molecule has 0 atom stereocenters. The van der Waals surface area contributed by atoms with Crippen LogP contribution in [0, 0.1) is 13.8 Å². The average Bonchev–Trinajstić information content (AvgIpc) is 2.92. The highest BCUT2D eigenvalue weighted by atomic mass is 16.2. The summed E-state index contributed by atoms with van der Waals surface area (Å²) >= 11 is 0. The van der Waals surface area contributed by atoms with Gasteiger partial charge in [-0.2, -0.15) is 0 Å². The third-order valence-electron chi connectivity index (χ3n) is 6.88. The van der Waals surface area contributed by atoms with Gasteiger partial charge in [0, 0.05) is 23.9 Å². The van der Waals surface area contributed by atoms with Gasteiger partial charge in [-0.25, -0.2) is 0 Å². The van der Waals surface area contributed by atoms with Crippen molar-refractivity contribution >= 4 is 29.7 Å². The summed E-state index contributed by atoms with van der Waals surface area (Å²) in [6.45, 7) is 10.9. The van der Waals surface area contributed by atoms with Crippen LogP contribution in [-0.4, -0.2) is 18.9 Å². The summed E-state index contributed by atoms with van der Waals surface area (Å²) in [5.74, 6) is -0.247. The predicted molar refractivity (Wildman–Crippen MR) is 163 cm³/mol. The number of rotatable bonds is 6. The molecule has 2 N–H and O–H groups in total. The Hall–Kier alpha value is -4.44. The molecule has 0 heterocycles. The molecule has 0 radical (unpaired) electrons. The molecule has 0 spiro atoms. The molecule has 0 fully saturated rings. The quantitative estimate of drug-likeness (QED) is 0.255. The Labute approximate surface area is 231 Å². The van der Waals surface area contributed by atoms with Crippen molar-refractivity contribution < 1.29 is 9.59 Å². The van der Waals surface area contributed by atoms with Crippen LogP contribution >= 0.6 is 0 Å². The highest BCUT2D eigenvalue weighted by Gasteiger charge is 2.16. The fraction of sp³-hybridized carbons (Fsp3) is 0.200. The number of nitrogens with one attached hydrogen (secondary N) is 2. The van der Waals surface area contributed by atoms with Crippen LogP contribution in [-0.2, 0) is 5.41 Å². The van der Waals surface area contributed by atoms with Gasteiger partial charge in [0.15, 0.2) is 0 Å². The van der Waals surface area contributed by atoms with Crippen LogP contribution in [0.15, 0.2) is 84.9 Å². The minimum Gasteiger partial charge on any atom is -0.355 e. The van der Waals surface area contributed by atoms with Gasteiger partial charge in [-0.05, 0) is 94.6 Å². The van der Waals surface area contributed by atoms with E-state index in [1.165, 1.54) is 16.7 Å². The van der Waals surface area contributed by atoms with E-state index in [0.29, 0.717) is 11.1 Å². The van der Waals surface area contributed by atoms with Gasteiger partial charge in [0.25, 0.3) is 11.8 Å². The fourth-order valence-electron chi connectivity index (χ4n) is 4.69. The van der Waals surface area contributed by atoms with E-state index < -0.39 is 0 Å². The van der Waals surface area contributed by atoms with Crippen molar-refractivity contribution in [2.45, 2.75) is 40.0 Å². The summed E-state index contributed by atoms with van der Waals surface area (Å²) in [5, 5.41) is 5.67. The summed E-state index contributed by atoms with van der Waals surface area (Å²) in [7, 11) is 1.62. The van der Waals surface area contributed by atoms with E-state index in [1.807, 2.05) is 61.5 Å². The van der Waals surface area contributed by atoms with Crippen LogP contribution in [0.5, 0.6) is 0 Å². The van der Waals surface area contributed by atoms with Crippen molar-refractivity contribution in [1.29, 1.82) is 0 Å². The smallest absolute Gasteiger partial charge is 0.255 e. The fourth-order valence-corrected chi connectivity index (χ4v) is 4.69. The molecule has 0 bridgehead atoms. The summed E-state index contributed by atoms with van der Waals surface area (Å²) in [4.78, 5) is 24.6. The van der Waals surface area contributed by atoms with Gasteiger partial charge in [0.05, 0.1) is 0 Å². The molecule has 0 aliphatic rings. The molecule has 0 aromatic heterocycles. The topological polar surface area (TPSA) is 58.2 Å². The Morgan fingerprint density at radius 1 is 0.641 bits per heavy atom. The average molecular weight is 517 g/mol. The van der Waals surface area contributed by atoms with E-state index in [9.17, 15) is 9.59 Å². The second-order valence-corrected chi connectivity index (χ2v) is 10.9. The zero-order valence-electron chi connectivity index (χ0n) is 23.6. The van der Waals surface area contributed by atoms with Gasteiger partial charge in [0.1, 0.15) is 0 Å². The Morgan fingerprint density at radius 3 is 1.59 bits per heavy atom. The maximum atomic E-state index is 12.9. The van der Waals surface area contributed by atoms with Crippen molar-refractivity contribution in [1.82, 2.24) is 5.32 Å². The molecule has 0 saturated carbocycles. The molecule has 2 amide bonds. The van der Waals surface area contributed by atoms with E-state index in [2.05, 4.69) is 68.7 Å². The molecule has 39 heavy (non-hydrogen) atoms. The largest absolute Gasteiger partial charge is 0.355 e. The molecule has 4 aromatic carbocycles. The Kier molecular flexibility index (Phi) is 8.15. The summed E-state index contributed by atoms with van der Waals surface area (Å²) < 4.78 is 0. The van der Waals surface area contributed by atoms with Crippen LogP contribution in [0.1, 0.15) is 69.3 Å². The van der Waals surface area contributed by atoms with E-state index in [0.717, 1.165) is 27.9 Å². The number of hydrogen-bond acceptors (Lipinski definition) is 2. The van der Waals surface area contributed by atoms with E-state index in [1.54, 1.807) is 19.2 Å². The Morgan fingerprint density at radius 2 is 1.13 bits per heavy atom. The molecule has 4 nitrogen and oxygen atoms in total. The molecular formula is C35H36N2O2. The first-order valence-electron chi connectivity index (χ1n) is 13.2. The highest BCUT2D eigenvalue weighted by Crippen LogP contribution is 2.31. The number of hydrogen-bond donors (Lipinski definition) is 2. The SMILES string of the molecule is CNC(=O)c1ccc(/C=C/c2ccc(C(=O)Nc3ccc(-c4ccc(C(C)(C)C)c(C)c4)cc3C)cc2)cc1. The first kappa shape index (κ1) is 27.6. The van der Waals surface area contributed by atoms with Crippen LogP contribution in [0.2, 0.25) is 0 Å². The number of aryl methyl sites for hydroxylation is 2. The van der Waals surface area contributed by atoms with Gasteiger partial charge < -0.3 is 10.6 Å². The van der Waals surface area contributed by atoms with E-state index in [4.69, 9.17) is 0 Å². The second kappa shape index (κ2) is 11.5. The number of anilines is 1. The van der Waals surface area contributed by atoms with Crippen LogP contribution in [0.4, 0.5) is 5.69 Å². The van der Waals surface area contributed by atoms with Gasteiger partial charge >= 0.3 is 0 Å². The van der Waals surface area contributed by atoms with Gasteiger partial charge in [0.2, 0.25) is 0 Å². The first-order valence-corrected chi connectivity index (χ1v) is 13.2. The molecule has 4 aromatic rings.